The van der Waals surface area contributed by atoms with Crippen molar-refractivity contribution in [3.05, 3.63) is 96.1 Å². The molecule has 0 N–H and O–H groups in total. The van der Waals surface area contributed by atoms with E-state index in [4.69, 9.17) is 18.9 Å². The lowest BCUT2D eigenvalue weighted by molar-refractivity contribution is 0.393. The Labute approximate surface area is 178 Å². The van der Waals surface area contributed by atoms with Crippen LogP contribution >= 0.6 is 0 Å². The Kier molecular flexibility index (Phi) is 6.48. The number of benzene rings is 3. The third kappa shape index (κ3) is 4.18. The second-order valence-corrected chi connectivity index (χ2v) is 6.67. The van der Waals surface area contributed by atoms with Gasteiger partial charge in [0.05, 0.1) is 28.4 Å². The number of hydrogen-bond acceptors (Lipinski definition) is 4. The summed E-state index contributed by atoms with van der Waals surface area (Å²) in [5.74, 6) is 2.95. The summed E-state index contributed by atoms with van der Waals surface area (Å²) < 4.78 is 21.8. The first-order chi connectivity index (χ1) is 14.5. The van der Waals surface area contributed by atoms with Crippen LogP contribution < -0.4 is 18.9 Å². The molecule has 0 atom stereocenters. The van der Waals surface area contributed by atoms with Gasteiger partial charge in [0.15, 0.2) is 0 Å². The van der Waals surface area contributed by atoms with Crippen LogP contribution in [0.15, 0.2) is 73.8 Å². The van der Waals surface area contributed by atoms with Gasteiger partial charge in [0.2, 0.25) is 0 Å². The molecule has 0 aliphatic heterocycles. The molecule has 0 spiro atoms. The smallest absolute Gasteiger partial charge is 0.130 e. The van der Waals surface area contributed by atoms with Crippen LogP contribution in [0.4, 0.5) is 0 Å². The molecule has 0 bridgehead atoms. The monoisotopic (exact) mass is 402 g/mol. The summed E-state index contributed by atoms with van der Waals surface area (Å²) in [5, 5.41) is 0. The summed E-state index contributed by atoms with van der Waals surface area (Å²) in [6.45, 7) is 8.61. The average Bonchev–Trinajstić information content (AvgIpc) is 2.82. The van der Waals surface area contributed by atoms with E-state index in [1.54, 1.807) is 28.4 Å². The molecule has 4 nitrogen and oxygen atoms in total. The molecule has 3 aromatic rings. The fraction of sp³-hybridized carbons (Fsp3) is 0.154. The van der Waals surface area contributed by atoms with Gasteiger partial charge in [-0.15, -0.1) is 0 Å². The largest absolute Gasteiger partial charge is 0.497 e. The molecule has 0 radical (unpaired) electrons. The first-order valence-electron chi connectivity index (χ1n) is 9.45. The predicted molar refractivity (Wildman–Crippen MR) is 122 cm³/mol. The number of hydrogen-bond donors (Lipinski definition) is 0. The molecule has 3 rings (SSSR count). The van der Waals surface area contributed by atoms with E-state index < -0.39 is 0 Å². The summed E-state index contributed by atoms with van der Waals surface area (Å²) in [6, 6.07) is 19.4. The molecule has 0 saturated carbocycles. The maximum Gasteiger partial charge on any atom is 0.130 e. The zero-order valence-electron chi connectivity index (χ0n) is 17.8. The average molecular weight is 402 g/mol. The first-order valence-corrected chi connectivity index (χ1v) is 9.45. The molecule has 3 aromatic carbocycles. The molecule has 0 aromatic heterocycles. The summed E-state index contributed by atoms with van der Waals surface area (Å²) in [5.41, 5.74) is 5.35. The maximum atomic E-state index is 5.63. The highest BCUT2D eigenvalue weighted by Crippen LogP contribution is 2.39. The van der Waals surface area contributed by atoms with Crippen LogP contribution in [0, 0.1) is 0 Å². The Hall–Kier alpha value is -3.66. The number of ether oxygens (including phenoxy) is 4. The van der Waals surface area contributed by atoms with Gasteiger partial charge in [-0.25, -0.2) is 0 Å². The first kappa shape index (κ1) is 21.1. The maximum absolute atomic E-state index is 5.63. The quantitative estimate of drug-likeness (QED) is 0.474. The summed E-state index contributed by atoms with van der Waals surface area (Å²) >= 11 is 0. The van der Waals surface area contributed by atoms with Gasteiger partial charge in [-0.2, -0.15) is 0 Å². The Balaban J connectivity index is 2.06. The molecule has 0 aliphatic carbocycles. The Morgan fingerprint density at radius 1 is 0.533 bits per heavy atom. The van der Waals surface area contributed by atoms with Crippen molar-refractivity contribution >= 4 is 11.1 Å². The molecular weight excluding hydrogens is 376 g/mol. The van der Waals surface area contributed by atoms with Crippen LogP contribution in [0.25, 0.3) is 11.1 Å². The summed E-state index contributed by atoms with van der Waals surface area (Å²) in [7, 11) is 6.57. The van der Waals surface area contributed by atoms with E-state index in [9.17, 15) is 0 Å². The van der Waals surface area contributed by atoms with Gasteiger partial charge in [-0.05, 0) is 52.6 Å². The SMILES string of the molecule is C=C(c1ccc(OC)cc1)c1cc(C(=C)c2ccc(OC)cc2)c(OC)cc1OC. The van der Waals surface area contributed by atoms with E-state index in [2.05, 4.69) is 13.2 Å². The molecule has 0 aliphatic rings. The normalized spacial score (nSPS) is 10.3. The van der Waals surface area contributed by atoms with Gasteiger partial charge < -0.3 is 18.9 Å². The fourth-order valence-corrected chi connectivity index (χ4v) is 3.27. The zero-order chi connectivity index (χ0) is 21.7. The zero-order valence-corrected chi connectivity index (χ0v) is 17.8. The van der Waals surface area contributed by atoms with E-state index in [-0.39, 0.29) is 0 Å². The topological polar surface area (TPSA) is 36.9 Å². The highest BCUT2D eigenvalue weighted by Gasteiger charge is 2.17. The molecule has 0 unspecified atom stereocenters. The lowest BCUT2D eigenvalue weighted by atomic mass is 9.92. The lowest BCUT2D eigenvalue weighted by Gasteiger charge is -2.18. The van der Waals surface area contributed by atoms with Gasteiger partial charge >= 0.3 is 0 Å². The third-order valence-corrected chi connectivity index (χ3v) is 5.05. The Morgan fingerprint density at radius 2 is 0.900 bits per heavy atom. The molecule has 0 saturated heterocycles. The van der Waals surface area contributed by atoms with Gasteiger partial charge in [0.1, 0.15) is 23.0 Å². The van der Waals surface area contributed by atoms with Crippen LogP contribution in [0.5, 0.6) is 23.0 Å². The van der Waals surface area contributed by atoms with E-state index in [0.29, 0.717) is 11.5 Å². The van der Waals surface area contributed by atoms with E-state index in [1.165, 1.54) is 0 Å². The molecular formula is C26H26O4. The van der Waals surface area contributed by atoms with Crippen LogP contribution in [0.3, 0.4) is 0 Å². The number of rotatable bonds is 8. The van der Waals surface area contributed by atoms with E-state index >= 15 is 0 Å². The molecule has 0 heterocycles. The Bertz CT molecular complexity index is 965. The Morgan fingerprint density at radius 3 is 1.20 bits per heavy atom. The van der Waals surface area contributed by atoms with Gasteiger partial charge in [-0.3, -0.25) is 0 Å². The van der Waals surface area contributed by atoms with Crippen molar-refractivity contribution in [2.75, 3.05) is 28.4 Å². The van der Waals surface area contributed by atoms with Gasteiger partial charge in [0, 0.05) is 17.2 Å². The highest BCUT2D eigenvalue weighted by molar-refractivity contribution is 5.88. The second-order valence-electron chi connectivity index (χ2n) is 6.67. The van der Waals surface area contributed by atoms with Gasteiger partial charge in [-0.1, -0.05) is 37.4 Å². The summed E-state index contributed by atoms with van der Waals surface area (Å²) in [4.78, 5) is 0. The van der Waals surface area contributed by atoms with Crippen molar-refractivity contribution in [3.8, 4) is 23.0 Å². The third-order valence-electron chi connectivity index (χ3n) is 5.05. The minimum Gasteiger partial charge on any atom is -0.497 e. The molecule has 4 heteroatoms. The highest BCUT2D eigenvalue weighted by atomic mass is 16.5. The van der Waals surface area contributed by atoms with E-state index in [1.807, 2.05) is 60.7 Å². The fourth-order valence-electron chi connectivity index (χ4n) is 3.27. The van der Waals surface area contributed by atoms with Crippen LogP contribution in [-0.2, 0) is 0 Å². The van der Waals surface area contributed by atoms with Crippen LogP contribution in [0.1, 0.15) is 22.3 Å². The number of methoxy groups -OCH3 is 4. The van der Waals surface area contributed by atoms with Crippen molar-refractivity contribution in [1.82, 2.24) is 0 Å². The molecule has 0 fully saturated rings. The second kappa shape index (κ2) is 9.23. The van der Waals surface area contributed by atoms with Crippen LogP contribution in [-0.4, -0.2) is 28.4 Å². The van der Waals surface area contributed by atoms with E-state index in [0.717, 1.165) is 44.9 Å². The van der Waals surface area contributed by atoms with Gasteiger partial charge in [0.25, 0.3) is 0 Å². The molecule has 0 amide bonds. The minimum atomic E-state index is 0.680. The molecule has 154 valence electrons. The predicted octanol–water partition coefficient (Wildman–Crippen LogP) is 5.84. The van der Waals surface area contributed by atoms with Crippen molar-refractivity contribution in [2.45, 2.75) is 0 Å². The standard InChI is InChI=1S/C26H26O4/c1-17(19-7-11-21(27-3)12-8-19)23-15-24(26(30-6)16-25(23)29-5)18(2)20-9-13-22(28-4)14-10-20/h7-16H,1-2H2,3-6H3. The van der Waals surface area contributed by atoms with Crippen molar-refractivity contribution in [2.24, 2.45) is 0 Å². The van der Waals surface area contributed by atoms with Crippen molar-refractivity contribution < 1.29 is 18.9 Å². The lowest BCUT2D eigenvalue weighted by Crippen LogP contribution is -1.99. The minimum absolute atomic E-state index is 0.680. The van der Waals surface area contributed by atoms with Crippen molar-refractivity contribution in [3.63, 3.8) is 0 Å². The summed E-state index contributed by atoms with van der Waals surface area (Å²) in [6.07, 6.45) is 0. The molecule has 30 heavy (non-hydrogen) atoms. The van der Waals surface area contributed by atoms with Crippen LogP contribution in [0.2, 0.25) is 0 Å². The van der Waals surface area contributed by atoms with Crippen molar-refractivity contribution in [1.29, 1.82) is 0 Å².